The molecule has 2 rings (SSSR count). The third-order valence-electron chi connectivity index (χ3n) is 2.56. The molecule has 0 radical (unpaired) electrons. The highest BCUT2D eigenvalue weighted by molar-refractivity contribution is 5.06. The summed E-state index contributed by atoms with van der Waals surface area (Å²) in [6, 6.07) is 0.477. The zero-order valence-electron chi connectivity index (χ0n) is 8.14. The van der Waals surface area contributed by atoms with Gasteiger partial charge in [-0.25, -0.2) is 4.98 Å². The lowest BCUT2D eigenvalue weighted by Gasteiger charge is -2.05. The van der Waals surface area contributed by atoms with Crippen LogP contribution < -0.4 is 5.32 Å². The van der Waals surface area contributed by atoms with Crippen LogP contribution in [-0.2, 0) is 6.42 Å². The maximum atomic E-state index is 4.40. The minimum atomic E-state index is 0.477. The largest absolute Gasteiger partial charge is 0.345 e. The molecule has 0 spiro atoms. The summed E-state index contributed by atoms with van der Waals surface area (Å²) in [7, 11) is 0. The number of rotatable bonds is 3. The molecule has 1 unspecified atom stereocenters. The van der Waals surface area contributed by atoms with Crippen LogP contribution in [0.2, 0.25) is 0 Å². The van der Waals surface area contributed by atoms with E-state index in [1.807, 2.05) is 6.20 Å². The number of aromatic amines is 1. The van der Waals surface area contributed by atoms with Gasteiger partial charge in [0.1, 0.15) is 5.82 Å². The molecule has 1 fully saturated rings. The van der Waals surface area contributed by atoms with E-state index in [2.05, 4.69) is 22.2 Å². The molecule has 1 atom stereocenters. The summed E-state index contributed by atoms with van der Waals surface area (Å²) in [6.45, 7) is 3.32. The standard InChI is InChI=1S/C10H17N3/c1-2-4-8-7-12-10(13-8)9-5-3-6-11-9/h7,9,11H,2-6H2,1H3,(H,12,13). The Morgan fingerprint density at radius 2 is 2.54 bits per heavy atom. The van der Waals surface area contributed by atoms with Crippen molar-refractivity contribution in [2.75, 3.05) is 6.54 Å². The first-order valence-corrected chi connectivity index (χ1v) is 5.17. The van der Waals surface area contributed by atoms with Crippen molar-refractivity contribution in [2.45, 2.75) is 38.6 Å². The zero-order chi connectivity index (χ0) is 9.10. The maximum Gasteiger partial charge on any atom is 0.123 e. The lowest BCUT2D eigenvalue weighted by molar-refractivity contribution is 0.610. The van der Waals surface area contributed by atoms with Gasteiger partial charge in [0.15, 0.2) is 0 Å². The first-order valence-electron chi connectivity index (χ1n) is 5.17. The summed E-state index contributed by atoms with van der Waals surface area (Å²) >= 11 is 0. The Hall–Kier alpha value is -0.830. The van der Waals surface area contributed by atoms with Crippen molar-refractivity contribution in [1.29, 1.82) is 0 Å². The molecule has 1 aromatic rings. The summed E-state index contributed by atoms with van der Waals surface area (Å²) in [4.78, 5) is 7.78. The highest BCUT2D eigenvalue weighted by Gasteiger charge is 2.18. The van der Waals surface area contributed by atoms with Crippen LogP contribution in [0, 0.1) is 0 Å². The third kappa shape index (κ3) is 1.91. The topological polar surface area (TPSA) is 40.7 Å². The summed E-state index contributed by atoms with van der Waals surface area (Å²) < 4.78 is 0. The molecule has 0 bridgehead atoms. The molecule has 1 aliphatic rings. The van der Waals surface area contributed by atoms with Crippen LogP contribution in [0.15, 0.2) is 6.20 Å². The van der Waals surface area contributed by atoms with Gasteiger partial charge in [-0.3, -0.25) is 0 Å². The van der Waals surface area contributed by atoms with Crippen LogP contribution >= 0.6 is 0 Å². The van der Waals surface area contributed by atoms with Crippen molar-refractivity contribution in [3.8, 4) is 0 Å². The van der Waals surface area contributed by atoms with E-state index in [4.69, 9.17) is 0 Å². The van der Waals surface area contributed by atoms with Crippen LogP contribution in [0.25, 0.3) is 0 Å². The second-order valence-electron chi connectivity index (χ2n) is 3.69. The molecule has 13 heavy (non-hydrogen) atoms. The van der Waals surface area contributed by atoms with E-state index >= 15 is 0 Å². The highest BCUT2D eigenvalue weighted by atomic mass is 15.0. The fourth-order valence-electron chi connectivity index (χ4n) is 1.87. The van der Waals surface area contributed by atoms with Crippen LogP contribution in [0.3, 0.4) is 0 Å². The number of nitrogens with zero attached hydrogens (tertiary/aromatic N) is 1. The predicted octanol–water partition coefficient (Wildman–Crippen LogP) is 1.79. The van der Waals surface area contributed by atoms with Crippen molar-refractivity contribution in [2.24, 2.45) is 0 Å². The molecule has 0 aromatic carbocycles. The molecular weight excluding hydrogens is 162 g/mol. The van der Waals surface area contributed by atoms with Crippen LogP contribution in [0.1, 0.15) is 43.7 Å². The Balaban J connectivity index is 2.03. The van der Waals surface area contributed by atoms with Crippen molar-refractivity contribution < 1.29 is 0 Å². The van der Waals surface area contributed by atoms with Crippen molar-refractivity contribution in [1.82, 2.24) is 15.3 Å². The van der Waals surface area contributed by atoms with Gasteiger partial charge in [0.25, 0.3) is 0 Å². The summed E-state index contributed by atoms with van der Waals surface area (Å²) in [6.07, 6.45) is 6.76. The van der Waals surface area contributed by atoms with Crippen LogP contribution in [0.5, 0.6) is 0 Å². The highest BCUT2D eigenvalue weighted by Crippen LogP contribution is 2.20. The molecule has 2 heterocycles. The number of hydrogen-bond donors (Lipinski definition) is 2. The smallest absolute Gasteiger partial charge is 0.123 e. The van der Waals surface area contributed by atoms with E-state index in [0.29, 0.717) is 6.04 Å². The predicted molar refractivity (Wildman–Crippen MR) is 52.6 cm³/mol. The normalized spacial score (nSPS) is 22.4. The number of H-pyrrole nitrogens is 1. The van der Waals surface area contributed by atoms with E-state index in [1.165, 1.54) is 25.0 Å². The SMILES string of the molecule is CCCc1cnc(C2CCCN2)[nH]1. The number of nitrogens with one attached hydrogen (secondary N) is 2. The van der Waals surface area contributed by atoms with E-state index in [-0.39, 0.29) is 0 Å². The Bertz CT molecular complexity index is 261. The quantitative estimate of drug-likeness (QED) is 0.742. The molecule has 1 aliphatic heterocycles. The van der Waals surface area contributed by atoms with Gasteiger partial charge in [0.2, 0.25) is 0 Å². The molecular formula is C10H17N3. The molecule has 0 saturated carbocycles. The summed E-state index contributed by atoms with van der Waals surface area (Å²) in [5.41, 5.74) is 1.27. The third-order valence-corrected chi connectivity index (χ3v) is 2.56. The van der Waals surface area contributed by atoms with E-state index < -0.39 is 0 Å². The van der Waals surface area contributed by atoms with Crippen molar-refractivity contribution in [3.05, 3.63) is 17.7 Å². The molecule has 0 aliphatic carbocycles. The van der Waals surface area contributed by atoms with Crippen LogP contribution in [0.4, 0.5) is 0 Å². The summed E-state index contributed by atoms with van der Waals surface area (Å²) in [5, 5.41) is 3.43. The molecule has 1 saturated heterocycles. The summed E-state index contributed by atoms with van der Waals surface area (Å²) in [5.74, 6) is 1.13. The molecule has 2 N–H and O–H groups in total. The van der Waals surface area contributed by atoms with E-state index in [9.17, 15) is 0 Å². The number of hydrogen-bond acceptors (Lipinski definition) is 2. The number of aryl methyl sites for hydroxylation is 1. The molecule has 1 aromatic heterocycles. The zero-order valence-corrected chi connectivity index (χ0v) is 8.14. The van der Waals surface area contributed by atoms with Gasteiger partial charge >= 0.3 is 0 Å². The average Bonchev–Trinajstić information content (AvgIpc) is 2.70. The van der Waals surface area contributed by atoms with E-state index in [0.717, 1.165) is 18.8 Å². The second-order valence-corrected chi connectivity index (χ2v) is 3.69. The lowest BCUT2D eigenvalue weighted by atomic mass is 10.2. The molecule has 0 amide bonds. The van der Waals surface area contributed by atoms with Crippen molar-refractivity contribution in [3.63, 3.8) is 0 Å². The first kappa shape index (κ1) is 8.75. The number of imidazole rings is 1. The monoisotopic (exact) mass is 179 g/mol. The van der Waals surface area contributed by atoms with Gasteiger partial charge in [-0.1, -0.05) is 13.3 Å². The Kier molecular flexibility index (Phi) is 2.64. The second kappa shape index (κ2) is 3.92. The maximum absolute atomic E-state index is 4.40. The van der Waals surface area contributed by atoms with Crippen molar-refractivity contribution >= 4 is 0 Å². The molecule has 3 nitrogen and oxygen atoms in total. The van der Waals surface area contributed by atoms with Gasteiger partial charge in [0.05, 0.1) is 6.04 Å². The number of aromatic nitrogens is 2. The average molecular weight is 179 g/mol. The van der Waals surface area contributed by atoms with Gasteiger partial charge in [0, 0.05) is 11.9 Å². The molecule has 3 heteroatoms. The van der Waals surface area contributed by atoms with Gasteiger partial charge in [-0.2, -0.15) is 0 Å². The minimum absolute atomic E-state index is 0.477. The van der Waals surface area contributed by atoms with Gasteiger partial charge in [-0.05, 0) is 25.8 Å². The van der Waals surface area contributed by atoms with Gasteiger partial charge < -0.3 is 10.3 Å². The Morgan fingerprint density at radius 3 is 3.23 bits per heavy atom. The minimum Gasteiger partial charge on any atom is -0.345 e. The van der Waals surface area contributed by atoms with Crippen LogP contribution in [-0.4, -0.2) is 16.5 Å². The van der Waals surface area contributed by atoms with E-state index in [1.54, 1.807) is 0 Å². The fourth-order valence-corrected chi connectivity index (χ4v) is 1.87. The first-order chi connectivity index (χ1) is 6.40. The molecule has 72 valence electrons. The fraction of sp³-hybridized carbons (Fsp3) is 0.700. The Labute approximate surface area is 79.0 Å². The lowest BCUT2D eigenvalue weighted by Crippen LogP contribution is -2.14. The Morgan fingerprint density at radius 1 is 1.62 bits per heavy atom. The van der Waals surface area contributed by atoms with Gasteiger partial charge in [-0.15, -0.1) is 0 Å².